The molecule has 11 heteroatoms. The molecule has 2 saturated heterocycles. The number of carboxylic acid groups (broad SMARTS) is 1. The van der Waals surface area contributed by atoms with Crippen LogP contribution in [-0.4, -0.2) is 66.6 Å². The Labute approximate surface area is 197 Å². The van der Waals surface area contributed by atoms with E-state index in [0.717, 1.165) is 35.8 Å². The summed E-state index contributed by atoms with van der Waals surface area (Å²) in [6, 6.07) is -0.0152. The summed E-state index contributed by atoms with van der Waals surface area (Å²) in [5.74, 6) is -1.16. The summed E-state index contributed by atoms with van der Waals surface area (Å²) in [6.45, 7) is 4.30. The maximum Gasteiger partial charge on any atom is 0.353 e. The highest BCUT2D eigenvalue weighted by Crippen LogP contribution is 2.51. The van der Waals surface area contributed by atoms with Gasteiger partial charge in [-0.25, -0.2) is 13.9 Å². The van der Waals surface area contributed by atoms with Crippen LogP contribution in [0, 0.1) is 11.8 Å². The zero-order valence-electron chi connectivity index (χ0n) is 18.7. The van der Waals surface area contributed by atoms with Crippen LogP contribution in [0.25, 0.3) is 0 Å². The fourth-order valence-electron chi connectivity index (χ4n) is 5.33. The van der Waals surface area contributed by atoms with Crippen molar-refractivity contribution in [2.45, 2.75) is 56.7 Å². The number of carboxylic acids is 1. The Morgan fingerprint density at radius 3 is 2.69 bits per heavy atom. The molecular formula is C21H31ClN4O5S. The van der Waals surface area contributed by atoms with E-state index in [-0.39, 0.29) is 53.9 Å². The molecule has 0 unspecified atom stereocenters. The number of thioether (sulfide) groups is 1. The summed E-state index contributed by atoms with van der Waals surface area (Å²) < 4.78 is 3.94. The average Bonchev–Trinajstić information content (AvgIpc) is 3.31. The summed E-state index contributed by atoms with van der Waals surface area (Å²) in [5.41, 5.74) is 1.22. The number of hydrogen-bond donors (Lipinski definition) is 4. The minimum atomic E-state index is -1.08. The molecule has 4 N–H and O–H groups in total. The Kier molecular flexibility index (Phi) is 7.31. The van der Waals surface area contributed by atoms with Gasteiger partial charge in [0.25, 0.3) is 5.82 Å². The SMILES string of the molecule is C[C@@H](O)[C@H]1C(=O)N2C(C(=O)O)=C(S[C@@H]3CN[C@H](Cc4c[n+](C)c(CO)n4C)C3)[C@H](C)[C@H]12.[Cl-]. The molecule has 1 aromatic rings. The molecule has 6 atom stereocenters. The van der Waals surface area contributed by atoms with E-state index in [1.807, 2.05) is 36.4 Å². The zero-order chi connectivity index (χ0) is 22.6. The first-order valence-corrected chi connectivity index (χ1v) is 11.6. The van der Waals surface area contributed by atoms with Gasteiger partial charge in [-0.05, 0) is 13.3 Å². The summed E-state index contributed by atoms with van der Waals surface area (Å²) in [5, 5.41) is 33.1. The quantitative estimate of drug-likeness (QED) is 0.233. The monoisotopic (exact) mass is 486 g/mol. The number of amides is 1. The third kappa shape index (κ3) is 3.96. The van der Waals surface area contributed by atoms with Crippen LogP contribution in [0.15, 0.2) is 16.8 Å². The second-order valence-electron chi connectivity index (χ2n) is 8.92. The number of aryl methyl sites for hydroxylation is 1. The zero-order valence-corrected chi connectivity index (χ0v) is 20.2. The number of rotatable bonds is 7. The molecule has 2 fully saturated rings. The minimum absolute atomic E-state index is 0. The molecule has 0 saturated carbocycles. The molecule has 0 aliphatic carbocycles. The van der Waals surface area contributed by atoms with Crippen molar-refractivity contribution < 1.29 is 41.9 Å². The first-order valence-electron chi connectivity index (χ1n) is 10.7. The molecule has 4 rings (SSSR count). The van der Waals surface area contributed by atoms with Gasteiger partial charge >= 0.3 is 5.97 Å². The van der Waals surface area contributed by atoms with Crippen molar-refractivity contribution in [3.8, 4) is 0 Å². The van der Waals surface area contributed by atoms with Crippen LogP contribution >= 0.6 is 11.8 Å². The predicted molar refractivity (Wildman–Crippen MR) is 114 cm³/mol. The third-order valence-corrected chi connectivity index (χ3v) is 8.46. The van der Waals surface area contributed by atoms with E-state index in [2.05, 4.69) is 5.32 Å². The molecule has 32 heavy (non-hydrogen) atoms. The standard InChI is InChI=1S/C21H30N4O5S.ClH/c1-10-17-16(11(2)27)20(28)25(17)18(21(29)30)19(10)31-14-6-12(22-7-14)5-13-8-23(3)15(9-26)24(13)4;/h8,10-12,14,16-17,22,26-27H,5-7,9H2,1-4H3;1H/t10-,11-,12-,14+,16-,17-;/m1./s1. The Balaban J connectivity index is 0.00000289. The number of carbonyl (C=O) groups excluding carboxylic acids is 1. The third-order valence-electron chi connectivity index (χ3n) is 6.95. The molecule has 9 nitrogen and oxygen atoms in total. The molecule has 1 amide bonds. The molecule has 0 aromatic carbocycles. The first kappa shape index (κ1) is 25.0. The lowest BCUT2D eigenvalue weighted by Crippen LogP contribution is -3.00. The molecule has 0 radical (unpaired) electrons. The van der Waals surface area contributed by atoms with E-state index >= 15 is 0 Å². The van der Waals surface area contributed by atoms with Crippen molar-refractivity contribution in [1.82, 2.24) is 14.8 Å². The van der Waals surface area contributed by atoms with Crippen molar-refractivity contribution in [2.24, 2.45) is 25.9 Å². The second kappa shape index (κ2) is 9.34. The number of nitrogens with zero attached hydrogens (tertiary/aromatic N) is 3. The Hall–Kier alpha value is -1.59. The number of carbonyl (C=O) groups is 2. The van der Waals surface area contributed by atoms with Crippen LogP contribution < -0.4 is 22.3 Å². The van der Waals surface area contributed by atoms with Crippen molar-refractivity contribution in [3.05, 3.63) is 28.3 Å². The van der Waals surface area contributed by atoms with Gasteiger partial charge in [-0.15, -0.1) is 11.8 Å². The number of aromatic nitrogens is 2. The van der Waals surface area contributed by atoms with E-state index in [9.17, 15) is 24.9 Å². The average molecular weight is 487 g/mol. The van der Waals surface area contributed by atoms with Gasteiger partial charge in [-0.3, -0.25) is 4.79 Å². The number of aliphatic carboxylic acids is 1. The van der Waals surface area contributed by atoms with Gasteiger partial charge in [0.2, 0.25) is 5.91 Å². The van der Waals surface area contributed by atoms with Crippen molar-refractivity contribution in [2.75, 3.05) is 6.54 Å². The lowest BCUT2D eigenvalue weighted by Gasteiger charge is -2.46. The normalized spacial score (nSPS) is 30.2. The Bertz CT molecular complexity index is 949. The number of halogens is 1. The van der Waals surface area contributed by atoms with Crippen LogP contribution in [-0.2, 0) is 36.7 Å². The molecule has 4 heterocycles. The van der Waals surface area contributed by atoms with Gasteiger partial charge < -0.3 is 37.9 Å². The summed E-state index contributed by atoms with van der Waals surface area (Å²) >= 11 is 1.56. The van der Waals surface area contributed by atoms with Crippen molar-refractivity contribution in [3.63, 3.8) is 0 Å². The lowest BCUT2D eigenvalue weighted by molar-refractivity contribution is -0.680. The van der Waals surface area contributed by atoms with Gasteiger partial charge in [0, 0.05) is 35.1 Å². The topological polar surface area (TPSA) is 119 Å². The van der Waals surface area contributed by atoms with Gasteiger partial charge in [-0.2, -0.15) is 0 Å². The van der Waals surface area contributed by atoms with E-state index in [1.165, 1.54) is 4.90 Å². The maximum absolute atomic E-state index is 12.5. The number of aliphatic hydroxyl groups is 2. The van der Waals surface area contributed by atoms with Crippen LogP contribution in [0.3, 0.4) is 0 Å². The largest absolute Gasteiger partial charge is 1.00 e. The summed E-state index contributed by atoms with van der Waals surface area (Å²) in [4.78, 5) is 26.6. The van der Waals surface area contributed by atoms with Gasteiger partial charge in [0.15, 0.2) is 0 Å². The number of aliphatic hydroxyl groups excluding tert-OH is 2. The summed E-state index contributed by atoms with van der Waals surface area (Å²) in [7, 11) is 3.87. The van der Waals surface area contributed by atoms with Gasteiger partial charge in [0.1, 0.15) is 24.2 Å². The molecule has 1 aromatic heterocycles. The van der Waals surface area contributed by atoms with Crippen molar-refractivity contribution >= 4 is 23.6 Å². The molecule has 3 aliphatic heterocycles. The number of hydrogen-bond acceptors (Lipinski definition) is 6. The number of nitrogens with one attached hydrogen (secondary N) is 1. The van der Waals surface area contributed by atoms with Crippen LogP contribution in [0.5, 0.6) is 0 Å². The van der Waals surface area contributed by atoms with E-state index in [4.69, 9.17) is 0 Å². The van der Waals surface area contributed by atoms with Gasteiger partial charge in [-0.1, -0.05) is 6.92 Å². The Morgan fingerprint density at radius 2 is 2.12 bits per heavy atom. The fraction of sp³-hybridized carbons (Fsp3) is 0.667. The van der Waals surface area contributed by atoms with Gasteiger partial charge in [0.05, 0.1) is 32.2 Å². The van der Waals surface area contributed by atoms with E-state index in [1.54, 1.807) is 18.7 Å². The molecule has 178 valence electrons. The smallest absolute Gasteiger partial charge is 0.353 e. The molecule has 0 spiro atoms. The summed E-state index contributed by atoms with van der Waals surface area (Å²) in [6.07, 6.45) is 2.95. The predicted octanol–water partition coefficient (Wildman–Crippen LogP) is -3.49. The first-order chi connectivity index (χ1) is 14.6. The lowest BCUT2D eigenvalue weighted by atomic mass is 9.79. The van der Waals surface area contributed by atoms with Crippen LogP contribution in [0.1, 0.15) is 31.8 Å². The minimum Gasteiger partial charge on any atom is -1.00 e. The fourth-order valence-corrected chi connectivity index (χ4v) is 6.85. The number of fused-ring (bicyclic) bond motifs is 1. The van der Waals surface area contributed by atoms with Crippen LogP contribution in [0.2, 0.25) is 0 Å². The van der Waals surface area contributed by atoms with E-state index in [0.29, 0.717) is 0 Å². The Morgan fingerprint density at radius 1 is 1.44 bits per heavy atom. The highest BCUT2D eigenvalue weighted by atomic mass is 35.5. The molecular weight excluding hydrogens is 456 g/mol. The van der Waals surface area contributed by atoms with E-state index < -0.39 is 18.0 Å². The highest BCUT2D eigenvalue weighted by Gasteiger charge is 2.60. The highest BCUT2D eigenvalue weighted by molar-refractivity contribution is 8.03. The molecule has 3 aliphatic rings. The van der Waals surface area contributed by atoms with Crippen LogP contribution in [0.4, 0.5) is 0 Å². The molecule has 0 bridgehead atoms. The van der Waals surface area contributed by atoms with Crippen molar-refractivity contribution in [1.29, 1.82) is 0 Å². The number of imidazole rings is 1. The maximum atomic E-state index is 12.5. The number of β-lactam (4-membered cyclic amide) rings is 1. The second-order valence-corrected chi connectivity index (χ2v) is 10.3.